The molecule has 0 aliphatic carbocycles. The Labute approximate surface area is 111 Å². The van der Waals surface area contributed by atoms with Crippen molar-refractivity contribution in [3.63, 3.8) is 0 Å². The molecule has 0 saturated heterocycles. The number of anilines is 1. The van der Waals surface area contributed by atoms with Crippen LogP contribution in [0.5, 0.6) is 0 Å². The zero-order chi connectivity index (χ0) is 13.1. The van der Waals surface area contributed by atoms with Gasteiger partial charge in [0.1, 0.15) is 5.82 Å². The third kappa shape index (κ3) is 2.98. The molecule has 0 saturated carbocycles. The van der Waals surface area contributed by atoms with Crippen LogP contribution in [0.4, 0.5) is 5.82 Å². The lowest BCUT2D eigenvalue weighted by molar-refractivity contribution is 0.880. The Bertz CT molecular complexity index is 546. The Hall–Kier alpha value is -1.62. The van der Waals surface area contributed by atoms with E-state index in [0.717, 1.165) is 33.4 Å². The average molecular weight is 260 g/mol. The molecular weight excluding hydrogens is 244 g/mol. The third-order valence-corrected chi connectivity index (χ3v) is 3.74. The van der Waals surface area contributed by atoms with E-state index in [1.807, 2.05) is 32.9 Å². The second kappa shape index (κ2) is 5.35. The monoisotopic (exact) mass is 260 g/mol. The minimum Gasteiger partial charge on any atom is -0.384 e. The Kier molecular flexibility index (Phi) is 3.81. The standard InChI is InChI=1S/C13H16N4S/c1-8-9(2)16-13(17-10(8)3)18-7-11-4-5-15-12(14)6-11/h4-6H,7H2,1-3H3,(H2,14,15). The van der Waals surface area contributed by atoms with Gasteiger partial charge < -0.3 is 5.73 Å². The molecule has 0 fully saturated rings. The fourth-order valence-electron chi connectivity index (χ4n) is 1.54. The molecule has 18 heavy (non-hydrogen) atoms. The number of nitrogen functional groups attached to an aromatic ring is 1. The van der Waals surface area contributed by atoms with Crippen LogP contribution in [0.15, 0.2) is 23.5 Å². The molecule has 4 nitrogen and oxygen atoms in total. The lowest BCUT2D eigenvalue weighted by Gasteiger charge is -2.06. The normalized spacial score (nSPS) is 10.6. The van der Waals surface area contributed by atoms with Crippen LogP contribution in [0.1, 0.15) is 22.5 Å². The molecule has 5 heteroatoms. The van der Waals surface area contributed by atoms with Crippen molar-refractivity contribution in [2.45, 2.75) is 31.7 Å². The summed E-state index contributed by atoms with van der Waals surface area (Å²) in [5.74, 6) is 1.35. The number of thioether (sulfide) groups is 1. The van der Waals surface area contributed by atoms with Gasteiger partial charge >= 0.3 is 0 Å². The molecule has 0 bridgehead atoms. The number of aryl methyl sites for hydroxylation is 2. The number of hydrogen-bond donors (Lipinski definition) is 1. The summed E-state index contributed by atoms with van der Waals surface area (Å²) in [4.78, 5) is 12.9. The zero-order valence-electron chi connectivity index (χ0n) is 10.8. The average Bonchev–Trinajstić information content (AvgIpc) is 2.33. The van der Waals surface area contributed by atoms with Crippen molar-refractivity contribution in [3.8, 4) is 0 Å². The van der Waals surface area contributed by atoms with Gasteiger partial charge in [-0.25, -0.2) is 15.0 Å². The molecule has 2 N–H and O–H groups in total. The second-order valence-electron chi connectivity index (χ2n) is 4.18. The lowest BCUT2D eigenvalue weighted by atomic mass is 10.2. The predicted octanol–water partition coefficient (Wildman–Crippen LogP) is 2.67. The molecule has 2 aromatic rings. The fraction of sp³-hybridized carbons (Fsp3) is 0.308. The minimum absolute atomic E-state index is 0.547. The lowest BCUT2D eigenvalue weighted by Crippen LogP contribution is -1.98. The van der Waals surface area contributed by atoms with E-state index >= 15 is 0 Å². The van der Waals surface area contributed by atoms with Crippen molar-refractivity contribution >= 4 is 17.6 Å². The predicted molar refractivity (Wildman–Crippen MR) is 74.5 cm³/mol. The first kappa shape index (κ1) is 12.8. The van der Waals surface area contributed by atoms with Crippen LogP contribution in [-0.4, -0.2) is 15.0 Å². The Morgan fingerprint density at radius 3 is 2.44 bits per heavy atom. The number of hydrogen-bond acceptors (Lipinski definition) is 5. The van der Waals surface area contributed by atoms with Crippen LogP contribution in [0.2, 0.25) is 0 Å². The maximum atomic E-state index is 5.64. The van der Waals surface area contributed by atoms with Crippen molar-refractivity contribution in [2.75, 3.05) is 5.73 Å². The summed E-state index contributed by atoms with van der Waals surface area (Å²) >= 11 is 1.61. The fourth-order valence-corrected chi connectivity index (χ4v) is 2.42. The highest BCUT2D eigenvalue weighted by molar-refractivity contribution is 7.98. The van der Waals surface area contributed by atoms with Crippen LogP contribution in [0.25, 0.3) is 0 Å². The van der Waals surface area contributed by atoms with Gasteiger partial charge in [-0.1, -0.05) is 11.8 Å². The van der Waals surface area contributed by atoms with E-state index in [0.29, 0.717) is 5.82 Å². The summed E-state index contributed by atoms with van der Waals surface area (Å²) in [5.41, 5.74) is 10.0. The highest BCUT2D eigenvalue weighted by Crippen LogP contribution is 2.21. The zero-order valence-corrected chi connectivity index (χ0v) is 11.6. The van der Waals surface area contributed by atoms with Crippen LogP contribution in [-0.2, 0) is 5.75 Å². The van der Waals surface area contributed by atoms with Crippen molar-refractivity contribution in [1.29, 1.82) is 0 Å². The molecule has 0 aromatic carbocycles. The van der Waals surface area contributed by atoms with E-state index in [-0.39, 0.29) is 0 Å². The first-order chi connectivity index (χ1) is 8.56. The summed E-state index contributed by atoms with van der Waals surface area (Å²) in [6.45, 7) is 6.07. The molecule has 0 aliphatic heterocycles. The molecule has 0 radical (unpaired) electrons. The van der Waals surface area contributed by atoms with E-state index in [1.54, 1.807) is 18.0 Å². The van der Waals surface area contributed by atoms with Gasteiger partial charge in [0.15, 0.2) is 5.16 Å². The van der Waals surface area contributed by atoms with Crippen LogP contribution < -0.4 is 5.73 Å². The van der Waals surface area contributed by atoms with E-state index in [2.05, 4.69) is 15.0 Å². The van der Waals surface area contributed by atoms with Crippen LogP contribution in [0, 0.1) is 20.8 Å². The van der Waals surface area contributed by atoms with E-state index in [9.17, 15) is 0 Å². The van der Waals surface area contributed by atoms with Gasteiger partial charge in [-0.15, -0.1) is 0 Å². The van der Waals surface area contributed by atoms with Crippen LogP contribution in [0.3, 0.4) is 0 Å². The molecule has 2 rings (SSSR count). The molecule has 0 spiro atoms. The third-order valence-electron chi connectivity index (χ3n) is 2.83. The topological polar surface area (TPSA) is 64.7 Å². The number of aromatic nitrogens is 3. The SMILES string of the molecule is Cc1nc(SCc2ccnc(N)c2)nc(C)c1C. The molecule has 0 atom stereocenters. The van der Waals surface area contributed by atoms with Gasteiger partial charge in [0.05, 0.1) is 0 Å². The van der Waals surface area contributed by atoms with Crippen molar-refractivity contribution in [1.82, 2.24) is 15.0 Å². The van der Waals surface area contributed by atoms with E-state index < -0.39 is 0 Å². The number of rotatable bonds is 3. The first-order valence-electron chi connectivity index (χ1n) is 5.71. The maximum absolute atomic E-state index is 5.64. The van der Waals surface area contributed by atoms with E-state index in [1.165, 1.54) is 0 Å². The molecule has 94 valence electrons. The summed E-state index contributed by atoms with van der Waals surface area (Å²) in [7, 11) is 0. The Balaban J connectivity index is 2.11. The van der Waals surface area contributed by atoms with Crippen molar-refractivity contribution in [2.24, 2.45) is 0 Å². The Morgan fingerprint density at radius 1 is 1.17 bits per heavy atom. The molecular formula is C13H16N4S. The quantitative estimate of drug-likeness (QED) is 0.679. The maximum Gasteiger partial charge on any atom is 0.188 e. The summed E-state index contributed by atoms with van der Waals surface area (Å²) < 4.78 is 0. The first-order valence-corrected chi connectivity index (χ1v) is 6.70. The van der Waals surface area contributed by atoms with Gasteiger partial charge in [-0.3, -0.25) is 0 Å². The molecule has 2 aromatic heterocycles. The highest BCUT2D eigenvalue weighted by Gasteiger charge is 2.05. The number of nitrogens with zero attached hydrogens (tertiary/aromatic N) is 3. The van der Waals surface area contributed by atoms with Crippen molar-refractivity contribution in [3.05, 3.63) is 40.8 Å². The highest BCUT2D eigenvalue weighted by atomic mass is 32.2. The Morgan fingerprint density at radius 2 is 1.83 bits per heavy atom. The molecule has 0 unspecified atom stereocenters. The van der Waals surface area contributed by atoms with E-state index in [4.69, 9.17) is 5.73 Å². The smallest absolute Gasteiger partial charge is 0.188 e. The summed E-state index contributed by atoms with van der Waals surface area (Å²) in [5, 5.41) is 0.811. The van der Waals surface area contributed by atoms with Gasteiger partial charge in [-0.05, 0) is 44.0 Å². The van der Waals surface area contributed by atoms with Gasteiger partial charge in [0.25, 0.3) is 0 Å². The second-order valence-corrected chi connectivity index (χ2v) is 5.12. The van der Waals surface area contributed by atoms with Crippen molar-refractivity contribution < 1.29 is 0 Å². The number of nitrogens with two attached hydrogens (primary N) is 1. The summed E-state index contributed by atoms with van der Waals surface area (Å²) in [6.07, 6.45) is 1.72. The summed E-state index contributed by atoms with van der Waals surface area (Å²) in [6, 6.07) is 3.83. The van der Waals surface area contributed by atoms with Crippen LogP contribution >= 0.6 is 11.8 Å². The molecule has 0 aliphatic rings. The minimum atomic E-state index is 0.547. The molecule has 2 heterocycles. The van der Waals surface area contributed by atoms with Gasteiger partial charge in [0.2, 0.25) is 0 Å². The molecule has 0 amide bonds. The van der Waals surface area contributed by atoms with Gasteiger partial charge in [0, 0.05) is 23.3 Å². The number of pyridine rings is 1. The largest absolute Gasteiger partial charge is 0.384 e. The van der Waals surface area contributed by atoms with Gasteiger partial charge in [-0.2, -0.15) is 0 Å².